The first kappa shape index (κ1) is 14.7. The van der Waals surface area contributed by atoms with Gasteiger partial charge in [-0.3, -0.25) is 0 Å². The van der Waals surface area contributed by atoms with Crippen LogP contribution in [0, 0.1) is 0 Å². The summed E-state index contributed by atoms with van der Waals surface area (Å²) in [6, 6.07) is 11.9. The van der Waals surface area contributed by atoms with Gasteiger partial charge in [0.05, 0.1) is 25.0 Å². The maximum atomic E-state index is 11.6. The average molecular weight is 287 g/mol. The number of rotatable bonds is 5. The number of carbonyl (C=O) groups excluding carboxylic acids is 1. The zero-order valence-electron chi connectivity index (χ0n) is 12.0. The molecule has 2 N–H and O–H groups in total. The van der Waals surface area contributed by atoms with E-state index in [1.165, 1.54) is 6.07 Å². The Morgan fingerprint density at radius 3 is 2.33 bits per heavy atom. The van der Waals surface area contributed by atoms with E-state index in [4.69, 9.17) is 19.9 Å². The van der Waals surface area contributed by atoms with Crippen molar-refractivity contribution in [2.45, 2.75) is 6.92 Å². The van der Waals surface area contributed by atoms with Gasteiger partial charge >= 0.3 is 5.97 Å². The molecule has 0 bridgehead atoms. The molecule has 0 spiro atoms. The molecule has 0 fully saturated rings. The minimum Gasteiger partial charge on any atom is -0.497 e. The summed E-state index contributed by atoms with van der Waals surface area (Å²) in [5.74, 6) is 1.45. The largest absolute Gasteiger partial charge is 0.497 e. The van der Waals surface area contributed by atoms with Gasteiger partial charge in [0.2, 0.25) is 0 Å². The first-order chi connectivity index (χ1) is 10.1. The van der Waals surface area contributed by atoms with E-state index in [0.29, 0.717) is 29.4 Å². The molecule has 5 nitrogen and oxygen atoms in total. The van der Waals surface area contributed by atoms with E-state index in [0.717, 1.165) is 5.75 Å². The van der Waals surface area contributed by atoms with Gasteiger partial charge in [0, 0.05) is 0 Å². The second-order valence-electron chi connectivity index (χ2n) is 4.25. The second kappa shape index (κ2) is 6.65. The minimum absolute atomic E-state index is 0.322. The summed E-state index contributed by atoms with van der Waals surface area (Å²) in [5.41, 5.74) is 6.67. The molecule has 0 aliphatic carbocycles. The smallest absolute Gasteiger partial charge is 0.338 e. The fourth-order valence-corrected chi connectivity index (χ4v) is 1.75. The van der Waals surface area contributed by atoms with E-state index < -0.39 is 5.97 Å². The lowest BCUT2D eigenvalue weighted by Crippen LogP contribution is -2.05. The Labute approximate surface area is 123 Å². The number of anilines is 1. The topological polar surface area (TPSA) is 70.8 Å². The van der Waals surface area contributed by atoms with Gasteiger partial charge < -0.3 is 19.9 Å². The van der Waals surface area contributed by atoms with Crippen LogP contribution in [0.1, 0.15) is 17.3 Å². The molecule has 0 heterocycles. The van der Waals surface area contributed by atoms with Crippen LogP contribution < -0.4 is 15.2 Å². The molecular formula is C16H17NO4. The van der Waals surface area contributed by atoms with Crippen LogP contribution in [0.3, 0.4) is 0 Å². The van der Waals surface area contributed by atoms with Crippen molar-refractivity contribution < 1.29 is 19.0 Å². The molecule has 0 saturated carbocycles. The molecule has 2 rings (SSSR count). The van der Waals surface area contributed by atoms with E-state index in [1.54, 1.807) is 50.4 Å². The average Bonchev–Trinajstić information content (AvgIpc) is 2.50. The number of nitrogens with two attached hydrogens (primary N) is 1. The molecule has 0 aromatic heterocycles. The number of nitrogen functional groups attached to an aromatic ring is 1. The van der Waals surface area contributed by atoms with Crippen LogP contribution in [0.25, 0.3) is 0 Å². The normalized spacial score (nSPS) is 10.0. The number of carbonyl (C=O) groups is 1. The lowest BCUT2D eigenvalue weighted by molar-refractivity contribution is 0.0526. The maximum Gasteiger partial charge on any atom is 0.338 e. The standard InChI is InChI=1S/C16H17NO4/c1-3-20-16(18)11-4-9-15(14(17)10-11)21-13-7-5-12(19-2)6-8-13/h4-10H,3,17H2,1-2H3. The van der Waals surface area contributed by atoms with Crippen LogP contribution >= 0.6 is 0 Å². The Bertz CT molecular complexity index is 623. The van der Waals surface area contributed by atoms with Crippen molar-refractivity contribution in [3.63, 3.8) is 0 Å². The predicted octanol–water partition coefficient (Wildman–Crippen LogP) is 3.25. The number of methoxy groups -OCH3 is 1. The summed E-state index contributed by atoms with van der Waals surface area (Å²) in [7, 11) is 1.60. The Balaban J connectivity index is 2.15. The van der Waals surface area contributed by atoms with Crippen molar-refractivity contribution in [1.82, 2.24) is 0 Å². The van der Waals surface area contributed by atoms with Crippen LogP contribution in [0.15, 0.2) is 42.5 Å². The minimum atomic E-state index is -0.403. The first-order valence-electron chi connectivity index (χ1n) is 6.52. The summed E-state index contributed by atoms with van der Waals surface area (Å²) in [6.45, 7) is 2.07. The molecule has 0 aliphatic heterocycles. The molecule has 0 unspecified atom stereocenters. The third-order valence-corrected chi connectivity index (χ3v) is 2.81. The Morgan fingerprint density at radius 1 is 1.10 bits per heavy atom. The first-order valence-corrected chi connectivity index (χ1v) is 6.52. The predicted molar refractivity (Wildman–Crippen MR) is 79.9 cm³/mol. The van der Waals surface area contributed by atoms with Gasteiger partial charge in [-0.1, -0.05) is 0 Å². The number of benzene rings is 2. The number of esters is 1. The van der Waals surface area contributed by atoms with Gasteiger partial charge in [-0.05, 0) is 49.4 Å². The maximum absolute atomic E-state index is 11.6. The monoisotopic (exact) mass is 287 g/mol. The molecule has 0 radical (unpaired) electrons. The quantitative estimate of drug-likeness (QED) is 0.675. The van der Waals surface area contributed by atoms with Crippen molar-refractivity contribution in [2.24, 2.45) is 0 Å². The van der Waals surface area contributed by atoms with Gasteiger partial charge in [0.15, 0.2) is 0 Å². The van der Waals surface area contributed by atoms with Crippen molar-refractivity contribution in [1.29, 1.82) is 0 Å². The molecule has 110 valence electrons. The van der Waals surface area contributed by atoms with Crippen LogP contribution in [-0.4, -0.2) is 19.7 Å². The van der Waals surface area contributed by atoms with Crippen molar-refractivity contribution in [3.05, 3.63) is 48.0 Å². The highest BCUT2D eigenvalue weighted by Crippen LogP contribution is 2.29. The van der Waals surface area contributed by atoms with Crippen LogP contribution in [0.4, 0.5) is 5.69 Å². The summed E-state index contributed by atoms with van der Waals surface area (Å²) in [5, 5.41) is 0. The number of hydrogen-bond acceptors (Lipinski definition) is 5. The molecule has 0 amide bonds. The van der Waals surface area contributed by atoms with Gasteiger partial charge in [0.25, 0.3) is 0 Å². The van der Waals surface area contributed by atoms with Crippen molar-refractivity contribution in [2.75, 3.05) is 19.5 Å². The van der Waals surface area contributed by atoms with Gasteiger partial charge in [0.1, 0.15) is 17.2 Å². The fourth-order valence-electron chi connectivity index (χ4n) is 1.75. The van der Waals surface area contributed by atoms with E-state index in [9.17, 15) is 4.79 Å². The zero-order valence-corrected chi connectivity index (χ0v) is 12.0. The number of hydrogen-bond donors (Lipinski definition) is 1. The molecule has 2 aromatic carbocycles. The van der Waals surface area contributed by atoms with Crippen molar-refractivity contribution in [3.8, 4) is 17.2 Å². The SMILES string of the molecule is CCOC(=O)c1ccc(Oc2ccc(OC)cc2)c(N)c1. The van der Waals surface area contributed by atoms with Crippen LogP contribution in [-0.2, 0) is 4.74 Å². The van der Waals surface area contributed by atoms with E-state index in [2.05, 4.69) is 0 Å². The highest BCUT2D eigenvalue weighted by Gasteiger charge is 2.10. The Kier molecular flexibility index (Phi) is 4.66. The van der Waals surface area contributed by atoms with Crippen LogP contribution in [0.2, 0.25) is 0 Å². The van der Waals surface area contributed by atoms with Crippen LogP contribution in [0.5, 0.6) is 17.2 Å². The van der Waals surface area contributed by atoms with Gasteiger partial charge in [-0.25, -0.2) is 4.79 Å². The van der Waals surface area contributed by atoms with Gasteiger partial charge in [-0.2, -0.15) is 0 Å². The summed E-state index contributed by atoms with van der Waals surface area (Å²) >= 11 is 0. The molecular weight excluding hydrogens is 270 g/mol. The van der Waals surface area contributed by atoms with E-state index in [-0.39, 0.29) is 0 Å². The summed E-state index contributed by atoms with van der Waals surface area (Å²) in [4.78, 5) is 11.6. The van der Waals surface area contributed by atoms with E-state index in [1.807, 2.05) is 0 Å². The zero-order chi connectivity index (χ0) is 15.2. The lowest BCUT2D eigenvalue weighted by atomic mass is 10.2. The Hall–Kier alpha value is -2.69. The molecule has 0 aliphatic rings. The third-order valence-electron chi connectivity index (χ3n) is 2.81. The van der Waals surface area contributed by atoms with Gasteiger partial charge in [-0.15, -0.1) is 0 Å². The van der Waals surface area contributed by atoms with Crippen molar-refractivity contribution >= 4 is 11.7 Å². The summed E-state index contributed by atoms with van der Waals surface area (Å²) in [6.07, 6.45) is 0. The fraction of sp³-hybridized carbons (Fsp3) is 0.188. The number of ether oxygens (including phenoxy) is 3. The molecule has 0 atom stereocenters. The van der Waals surface area contributed by atoms with E-state index >= 15 is 0 Å². The molecule has 0 saturated heterocycles. The summed E-state index contributed by atoms with van der Waals surface area (Å²) < 4.78 is 15.7. The molecule has 21 heavy (non-hydrogen) atoms. The highest BCUT2D eigenvalue weighted by atomic mass is 16.5. The second-order valence-corrected chi connectivity index (χ2v) is 4.25. The Morgan fingerprint density at radius 2 is 1.76 bits per heavy atom. The highest BCUT2D eigenvalue weighted by molar-refractivity contribution is 5.91. The molecule has 2 aromatic rings. The lowest BCUT2D eigenvalue weighted by Gasteiger charge is -2.10. The third kappa shape index (κ3) is 3.66. The molecule has 5 heteroatoms.